The molecule has 0 spiro atoms. The molecule has 6 nitrogen and oxygen atoms in total. The predicted octanol–water partition coefficient (Wildman–Crippen LogP) is -1.26. The van der Waals surface area contributed by atoms with Gasteiger partial charge >= 0.3 is 5.97 Å². The zero-order valence-corrected chi connectivity index (χ0v) is 8.56. The van der Waals surface area contributed by atoms with Crippen molar-refractivity contribution in [2.45, 2.75) is 31.3 Å². The lowest BCUT2D eigenvalue weighted by molar-refractivity contribution is -0.148. The van der Waals surface area contributed by atoms with Crippen molar-refractivity contribution in [3.63, 3.8) is 0 Å². The van der Waals surface area contributed by atoms with E-state index in [-0.39, 0.29) is 5.91 Å². The van der Waals surface area contributed by atoms with Crippen LogP contribution in [0.4, 0.5) is 0 Å². The summed E-state index contributed by atoms with van der Waals surface area (Å²) in [6, 6.07) is -1.38. The zero-order valence-electron chi connectivity index (χ0n) is 8.56. The van der Waals surface area contributed by atoms with Crippen LogP contribution in [0.15, 0.2) is 0 Å². The maximum atomic E-state index is 11.7. The van der Waals surface area contributed by atoms with Crippen molar-refractivity contribution >= 4 is 11.9 Å². The molecule has 1 amide bonds. The Morgan fingerprint density at radius 2 is 2.20 bits per heavy atom. The molecule has 0 saturated carbocycles. The van der Waals surface area contributed by atoms with E-state index < -0.39 is 18.1 Å². The van der Waals surface area contributed by atoms with Gasteiger partial charge in [0, 0.05) is 6.54 Å². The lowest BCUT2D eigenvalue weighted by atomic mass is 10.1. The van der Waals surface area contributed by atoms with Crippen LogP contribution in [0.2, 0.25) is 0 Å². The molecule has 6 heteroatoms. The van der Waals surface area contributed by atoms with Crippen molar-refractivity contribution in [1.29, 1.82) is 0 Å². The molecule has 0 bridgehead atoms. The van der Waals surface area contributed by atoms with E-state index >= 15 is 0 Å². The molecule has 0 aromatic heterocycles. The first kappa shape index (κ1) is 11.9. The SMILES string of the molecule is NCC[C@H](N)C(=O)N1CCC[C@H]1C(=O)O. The molecule has 15 heavy (non-hydrogen) atoms. The Labute approximate surface area is 88.2 Å². The molecule has 1 saturated heterocycles. The fraction of sp³-hybridized carbons (Fsp3) is 0.778. The number of hydrogen-bond donors (Lipinski definition) is 3. The summed E-state index contributed by atoms with van der Waals surface area (Å²) >= 11 is 0. The lowest BCUT2D eigenvalue weighted by Crippen LogP contribution is -2.49. The van der Waals surface area contributed by atoms with Gasteiger partial charge in [0.1, 0.15) is 6.04 Å². The second-order valence-electron chi connectivity index (χ2n) is 3.71. The molecule has 2 atom stereocenters. The summed E-state index contributed by atoms with van der Waals surface area (Å²) in [5.41, 5.74) is 10.9. The third-order valence-electron chi connectivity index (χ3n) is 2.62. The smallest absolute Gasteiger partial charge is 0.326 e. The van der Waals surface area contributed by atoms with Gasteiger partial charge in [0.2, 0.25) is 5.91 Å². The molecule has 1 aliphatic rings. The number of amides is 1. The second kappa shape index (κ2) is 5.09. The van der Waals surface area contributed by atoms with Crippen LogP contribution in [0.1, 0.15) is 19.3 Å². The Kier molecular flexibility index (Phi) is 4.05. The first-order valence-corrected chi connectivity index (χ1v) is 5.07. The van der Waals surface area contributed by atoms with E-state index in [2.05, 4.69) is 0 Å². The second-order valence-corrected chi connectivity index (χ2v) is 3.71. The van der Waals surface area contributed by atoms with E-state index in [0.29, 0.717) is 25.9 Å². The van der Waals surface area contributed by atoms with Crippen molar-refractivity contribution in [1.82, 2.24) is 4.90 Å². The molecular weight excluding hydrogens is 198 g/mol. The quantitative estimate of drug-likeness (QED) is 0.542. The van der Waals surface area contributed by atoms with Gasteiger partial charge in [-0.15, -0.1) is 0 Å². The minimum absolute atomic E-state index is 0.301. The fourth-order valence-electron chi connectivity index (χ4n) is 1.80. The largest absolute Gasteiger partial charge is 0.480 e. The standard InChI is InChI=1S/C9H17N3O3/c10-4-3-6(11)8(13)12-5-1-2-7(12)9(14)15/h6-7H,1-5,10-11H2,(H,14,15)/t6-,7-/m0/s1. The summed E-state index contributed by atoms with van der Waals surface area (Å²) in [5, 5.41) is 8.88. The number of rotatable bonds is 4. The van der Waals surface area contributed by atoms with Crippen molar-refractivity contribution in [3.8, 4) is 0 Å². The van der Waals surface area contributed by atoms with Crippen LogP contribution >= 0.6 is 0 Å². The average Bonchev–Trinajstić information content (AvgIpc) is 2.65. The highest BCUT2D eigenvalue weighted by molar-refractivity contribution is 5.87. The minimum Gasteiger partial charge on any atom is -0.480 e. The van der Waals surface area contributed by atoms with Crippen LogP contribution in [-0.4, -0.2) is 47.1 Å². The molecule has 0 aromatic carbocycles. The van der Waals surface area contributed by atoms with Gasteiger partial charge in [-0.1, -0.05) is 0 Å². The van der Waals surface area contributed by atoms with E-state index in [1.165, 1.54) is 4.90 Å². The number of nitrogens with two attached hydrogens (primary N) is 2. The summed E-state index contributed by atoms with van der Waals surface area (Å²) < 4.78 is 0. The van der Waals surface area contributed by atoms with Gasteiger partial charge in [-0.3, -0.25) is 4.79 Å². The van der Waals surface area contributed by atoms with E-state index in [1.807, 2.05) is 0 Å². The first-order valence-electron chi connectivity index (χ1n) is 5.07. The number of likely N-dealkylation sites (tertiary alicyclic amines) is 1. The maximum absolute atomic E-state index is 11.7. The molecule has 0 aromatic rings. The highest BCUT2D eigenvalue weighted by Crippen LogP contribution is 2.18. The first-order chi connectivity index (χ1) is 7.07. The van der Waals surface area contributed by atoms with Crippen LogP contribution in [0.3, 0.4) is 0 Å². The van der Waals surface area contributed by atoms with Crippen LogP contribution in [0, 0.1) is 0 Å². The normalized spacial score (nSPS) is 22.8. The van der Waals surface area contributed by atoms with Crippen molar-refractivity contribution in [3.05, 3.63) is 0 Å². The number of hydrogen-bond acceptors (Lipinski definition) is 4. The van der Waals surface area contributed by atoms with Crippen molar-refractivity contribution in [2.24, 2.45) is 11.5 Å². The van der Waals surface area contributed by atoms with Gasteiger partial charge in [0.05, 0.1) is 6.04 Å². The van der Waals surface area contributed by atoms with Crippen LogP contribution in [0.25, 0.3) is 0 Å². The van der Waals surface area contributed by atoms with E-state index in [4.69, 9.17) is 16.6 Å². The Morgan fingerprint density at radius 1 is 1.53 bits per heavy atom. The monoisotopic (exact) mass is 215 g/mol. The Balaban J connectivity index is 2.62. The highest BCUT2D eigenvalue weighted by Gasteiger charge is 2.35. The summed E-state index contributed by atoms with van der Waals surface area (Å²) in [4.78, 5) is 23.9. The molecule has 0 aliphatic carbocycles. The molecule has 0 radical (unpaired) electrons. The van der Waals surface area contributed by atoms with Gasteiger partial charge in [-0.25, -0.2) is 4.79 Å². The molecule has 0 unspecified atom stereocenters. The summed E-state index contributed by atoms with van der Waals surface area (Å²) in [5.74, 6) is -1.26. The summed E-state index contributed by atoms with van der Waals surface area (Å²) in [6.07, 6.45) is 1.62. The maximum Gasteiger partial charge on any atom is 0.326 e. The van der Waals surface area contributed by atoms with Crippen LogP contribution in [0.5, 0.6) is 0 Å². The third-order valence-corrected chi connectivity index (χ3v) is 2.62. The lowest BCUT2D eigenvalue weighted by Gasteiger charge is -2.24. The van der Waals surface area contributed by atoms with Gasteiger partial charge in [-0.2, -0.15) is 0 Å². The van der Waals surface area contributed by atoms with Crippen LogP contribution < -0.4 is 11.5 Å². The Morgan fingerprint density at radius 3 is 2.73 bits per heavy atom. The molecule has 1 aliphatic heterocycles. The molecule has 1 heterocycles. The Bertz CT molecular complexity index is 257. The number of carboxylic acids is 1. The molecule has 86 valence electrons. The van der Waals surface area contributed by atoms with E-state index in [1.54, 1.807) is 0 Å². The predicted molar refractivity (Wildman–Crippen MR) is 54.0 cm³/mol. The highest BCUT2D eigenvalue weighted by atomic mass is 16.4. The number of carboxylic acid groups (broad SMARTS) is 1. The molecule has 1 rings (SSSR count). The molecular formula is C9H17N3O3. The molecule has 5 N–H and O–H groups in total. The summed E-state index contributed by atoms with van der Waals surface area (Å²) in [6.45, 7) is 0.812. The Hall–Kier alpha value is -1.14. The fourth-order valence-corrected chi connectivity index (χ4v) is 1.80. The van der Waals surface area contributed by atoms with Crippen molar-refractivity contribution < 1.29 is 14.7 Å². The van der Waals surface area contributed by atoms with E-state index in [9.17, 15) is 9.59 Å². The van der Waals surface area contributed by atoms with Gasteiger partial charge in [0.15, 0.2) is 0 Å². The van der Waals surface area contributed by atoms with Crippen molar-refractivity contribution in [2.75, 3.05) is 13.1 Å². The average molecular weight is 215 g/mol. The van der Waals surface area contributed by atoms with Crippen LogP contribution in [-0.2, 0) is 9.59 Å². The topological polar surface area (TPSA) is 110 Å². The third kappa shape index (κ3) is 2.66. The zero-order chi connectivity index (χ0) is 11.4. The number of carbonyl (C=O) groups excluding carboxylic acids is 1. The molecule has 1 fully saturated rings. The van der Waals surface area contributed by atoms with Gasteiger partial charge < -0.3 is 21.5 Å². The number of nitrogens with zero attached hydrogens (tertiary/aromatic N) is 1. The van der Waals surface area contributed by atoms with E-state index in [0.717, 1.165) is 6.42 Å². The summed E-state index contributed by atoms with van der Waals surface area (Å²) in [7, 11) is 0. The van der Waals surface area contributed by atoms with Gasteiger partial charge in [0.25, 0.3) is 0 Å². The number of aliphatic carboxylic acids is 1. The van der Waals surface area contributed by atoms with Gasteiger partial charge in [-0.05, 0) is 25.8 Å². The minimum atomic E-state index is -0.958. The number of carbonyl (C=O) groups is 2.